The van der Waals surface area contributed by atoms with Gasteiger partial charge in [0.05, 0.1) is 31.3 Å². The van der Waals surface area contributed by atoms with Gasteiger partial charge < -0.3 is 19.9 Å². The predicted molar refractivity (Wildman–Crippen MR) is 84.6 cm³/mol. The Morgan fingerprint density at radius 3 is 3.04 bits per heavy atom. The van der Waals surface area contributed by atoms with Crippen LogP contribution in [0.5, 0.6) is 0 Å². The molecule has 1 unspecified atom stereocenters. The van der Waals surface area contributed by atoms with Crippen LogP contribution in [-0.2, 0) is 9.53 Å². The summed E-state index contributed by atoms with van der Waals surface area (Å²) < 4.78 is 5.46. The lowest BCUT2D eigenvalue weighted by molar-refractivity contribution is -0.137. The van der Waals surface area contributed by atoms with Crippen LogP contribution >= 0.6 is 0 Å². The Hall–Kier alpha value is -2.84. The number of carbonyl (C=O) groups is 1. The summed E-state index contributed by atoms with van der Waals surface area (Å²) in [5.41, 5.74) is 0.569. The summed E-state index contributed by atoms with van der Waals surface area (Å²) in [5.74, 6) is 0.566. The molecule has 1 aromatic heterocycles. The molecule has 3 rings (SSSR count). The smallest absolute Gasteiger partial charge is 0.251 e. The number of hydrogen-bond donors (Lipinski definition) is 1. The summed E-state index contributed by atoms with van der Waals surface area (Å²) in [7, 11) is 0. The maximum Gasteiger partial charge on any atom is 0.251 e. The van der Waals surface area contributed by atoms with Crippen molar-refractivity contribution in [3.63, 3.8) is 0 Å². The first-order chi connectivity index (χ1) is 11.7. The predicted octanol–water partition coefficient (Wildman–Crippen LogP) is -0.170. The molecular weight excluding hydrogens is 308 g/mol. The average Bonchev–Trinajstić information content (AvgIpc) is 3.10. The summed E-state index contributed by atoms with van der Waals surface area (Å²) >= 11 is 0. The number of anilines is 1. The zero-order valence-corrected chi connectivity index (χ0v) is 13.2. The lowest BCUT2D eigenvalue weighted by Gasteiger charge is -2.29. The van der Waals surface area contributed by atoms with Gasteiger partial charge in [0.15, 0.2) is 12.3 Å². The van der Waals surface area contributed by atoms with Crippen molar-refractivity contribution in [2.75, 3.05) is 37.7 Å². The minimum atomic E-state index is -0.604. The van der Waals surface area contributed by atoms with Gasteiger partial charge in [0.1, 0.15) is 5.82 Å². The molecule has 0 bridgehead atoms. The Morgan fingerprint density at radius 2 is 2.25 bits per heavy atom. The van der Waals surface area contributed by atoms with Crippen molar-refractivity contribution >= 4 is 11.7 Å². The number of hydrogen-bond acceptors (Lipinski definition) is 7. The number of morpholine rings is 1. The van der Waals surface area contributed by atoms with Crippen LogP contribution in [0.4, 0.5) is 5.82 Å². The van der Waals surface area contributed by atoms with Crippen molar-refractivity contribution in [3.8, 4) is 12.3 Å². The molecule has 8 heteroatoms. The van der Waals surface area contributed by atoms with Crippen LogP contribution < -0.4 is 10.2 Å². The highest BCUT2D eigenvalue weighted by Gasteiger charge is 2.30. The quantitative estimate of drug-likeness (QED) is 0.769. The van der Waals surface area contributed by atoms with Gasteiger partial charge in [0.2, 0.25) is 0 Å². The fourth-order valence-corrected chi connectivity index (χ4v) is 2.94. The van der Waals surface area contributed by atoms with Crippen LogP contribution in [-0.4, -0.2) is 60.7 Å². The van der Waals surface area contributed by atoms with Gasteiger partial charge in [-0.1, -0.05) is 0 Å². The third-order valence-corrected chi connectivity index (χ3v) is 4.23. The molecule has 1 amide bonds. The molecular formula is C16H18N6O2. The lowest BCUT2D eigenvalue weighted by atomic mass is 10.2. The van der Waals surface area contributed by atoms with Gasteiger partial charge in [0, 0.05) is 25.3 Å². The van der Waals surface area contributed by atoms with Crippen LogP contribution in [0.15, 0.2) is 18.3 Å². The third kappa shape index (κ3) is 3.55. The summed E-state index contributed by atoms with van der Waals surface area (Å²) in [5, 5.41) is 20.9. The summed E-state index contributed by atoms with van der Waals surface area (Å²) in [6, 6.07) is 5.52. The van der Waals surface area contributed by atoms with E-state index in [2.05, 4.69) is 27.5 Å². The minimum Gasteiger partial charge on any atom is -0.365 e. The van der Waals surface area contributed by atoms with E-state index in [4.69, 9.17) is 15.3 Å². The van der Waals surface area contributed by atoms with E-state index in [0.29, 0.717) is 31.8 Å². The number of amides is 1. The Labute approximate surface area is 140 Å². The van der Waals surface area contributed by atoms with Crippen LogP contribution in [0.2, 0.25) is 0 Å². The molecule has 0 aromatic carbocycles. The molecule has 2 aliphatic heterocycles. The molecule has 1 N–H and O–H groups in total. The van der Waals surface area contributed by atoms with Crippen molar-refractivity contribution in [2.45, 2.75) is 18.6 Å². The van der Waals surface area contributed by atoms with Crippen molar-refractivity contribution in [2.24, 2.45) is 0 Å². The summed E-state index contributed by atoms with van der Waals surface area (Å²) in [6.45, 7) is 2.61. The van der Waals surface area contributed by atoms with E-state index < -0.39 is 6.10 Å². The summed E-state index contributed by atoms with van der Waals surface area (Å²) in [4.78, 5) is 20.2. The highest BCUT2D eigenvalue weighted by Crippen LogP contribution is 2.19. The van der Waals surface area contributed by atoms with Crippen molar-refractivity contribution in [1.29, 1.82) is 10.5 Å². The highest BCUT2D eigenvalue weighted by atomic mass is 16.5. The SMILES string of the molecule is N#Cc1ccnc(N2CCC(NC(=O)[C@H]3CN(C#N)CCO3)C2)c1. The third-order valence-electron chi connectivity index (χ3n) is 4.23. The van der Waals surface area contributed by atoms with Crippen LogP contribution in [0.3, 0.4) is 0 Å². The maximum atomic E-state index is 12.3. The molecule has 2 fully saturated rings. The number of carbonyl (C=O) groups excluding carboxylic acids is 1. The number of pyridine rings is 1. The monoisotopic (exact) mass is 326 g/mol. The lowest BCUT2D eigenvalue weighted by Crippen LogP contribution is -2.51. The van der Waals surface area contributed by atoms with Gasteiger partial charge in [-0.15, -0.1) is 0 Å². The number of rotatable bonds is 3. The Bertz CT molecular complexity index is 695. The molecule has 0 saturated carbocycles. The molecule has 124 valence electrons. The fourth-order valence-electron chi connectivity index (χ4n) is 2.94. The molecule has 1 aromatic rings. The van der Waals surface area contributed by atoms with E-state index in [0.717, 1.165) is 18.8 Å². The second kappa shape index (κ2) is 7.16. The number of nitriles is 2. The molecule has 3 heterocycles. The number of aromatic nitrogens is 1. The first kappa shape index (κ1) is 16.0. The zero-order valence-electron chi connectivity index (χ0n) is 13.2. The standard InChI is InChI=1S/C16H18N6O2/c17-8-12-1-3-19-15(7-12)22-4-2-13(9-22)20-16(23)14-10-21(11-18)5-6-24-14/h1,3,7,13-14H,2,4-6,9-10H2,(H,20,23)/t13?,14-/m1/s1. The molecule has 2 atom stereocenters. The topological polar surface area (TPSA) is 105 Å². The maximum absolute atomic E-state index is 12.3. The van der Waals surface area contributed by atoms with Gasteiger partial charge in [0.25, 0.3) is 5.91 Å². The van der Waals surface area contributed by atoms with Crippen LogP contribution in [0, 0.1) is 22.8 Å². The Balaban J connectivity index is 1.55. The number of ether oxygens (including phenoxy) is 1. The van der Waals surface area contributed by atoms with E-state index in [1.165, 1.54) is 4.90 Å². The molecule has 24 heavy (non-hydrogen) atoms. The van der Waals surface area contributed by atoms with Crippen molar-refractivity contribution < 1.29 is 9.53 Å². The molecule has 2 aliphatic rings. The van der Waals surface area contributed by atoms with E-state index in [9.17, 15) is 4.79 Å². The molecule has 0 spiro atoms. The normalized spacial score (nSPS) is 23.4. The second-order valence-corrected chi connectivity index (χ2v) is 5.86. The average molecular weight is 326 g/mol. The molecule has 8 nitrogen and oxygen atoms in total. The molecule has 2 saturated heterocycles. The van der Waals surface area contributed by atoms with E-state index in [-0.39, 0.29) is 11.9 Å². The van der Waals surface area contributed by atoms with Gasteiger partial charge in [-0.3, -0.25) is 4.79 Å². The van der Waals surface area contributed by atoms with Crippen LogP contribution in [0.25, 0.3) is 0 Å². The van der Waals surface area contributed by atoms with Gasteiger partial charge in [-0.2, -0.15) is 10.5 Å². The van der Waals surface area contributed by atoms with Gasteiger partial charge >= 0.3 is 0 Å². The second-order valence-electron chi connectivity index (χ2n) is 5.86. The molecule has 0 radical (unpaired) electrons. The van der Waals surface area contributed by atoms with Crippen molar-refractivity contribution in [1.82, 2.24) is 15.2 Å². The first-order valence-electron chi connectivity index (χ1n) is 7.87. The van der Waals surface area contributed by atoms with E-state index in [1.54, 1.807) is 18.3 Å². The summed E-state index contributed by atoms with van der Waals surface area (Å²) in [6.07, 6.45) is 3.87. The largest absolute Gasteiger partial charge is 0.365 e. The van der Waals surface area contributed by atoms with Crippen LogP contribution in [0.1, 0.15) is 12.0 Å². The Kier molecular flexibility index (Phi) is 4.78. The van der Waals surface area contributed by atoms with Crippen molar-refractivity contribution in [3.05, 3.63) is 23.9 Å². The first-order valence-corrected chi connectivity index (χ1v) is 7.87. The van der Waals surface area contributed by atoms with Gasteiger partial charge in [-0.25, -0.2) is 4.98 Å². The number of nitrogens with one attached hydrogen (secondary N) is 1. The van der Waals surface area contributed by atoms with Gasteiger partial charge in [-0.05, 0) is 18.6 Å². The minimum absolute atomic E-state index is 0.00565. The molecule has 0 aliphatic carbocycles. The van der Waals surface area contributed by atoms with E-state index in [1.807, 2.05) is 0 Å². The number of nitrogens with zero attached hydrogens (tertiary/aromatic N) is 5. The zero-order chi connectivity index (χ0) is 16.9. The van der Waals surface area contributed by atoms with E-state index >= 15 is 0 Å². The highest BCUT2D eigenvalue weighted by molar-refractivity contribution is 5.81. The fraction of sp³-hybridized carbons (Fsp3) is 0.500. The Morgan fingerprint density at radius 1 is 1.38 bits per heavy atom.